The zero-order valence-corrected chi connectivity index (χ0v) is 16.1. The lowest BCUT2D eigenvalue weighted by Crippen LogP contribution is -2.22. The van der Waals surface area contributed by atoms with Crippen molar-refractivity contribution in [3.8, 4) is 0 Å². The number of rotatable bonds is 4. The van der Waals surface area contributed by atoms with E-state index in [0.29, 0.717) is 11.8 Å². The maximum absolute atomic E-state index is 4.77. The van der Waals surface area contributed by atoms with Gasteiger partial charge in [-0.2, -0.15) is 0 Å². The molecule has 2 nitrogen and oxygen atoms in total. The molecule has 0 fully saturated rings. The van der Waals surface area contributed by atoms with Crippen LogP contribution in [0.3, 0.4) is 0 Å². The van der Waals surface area contributed by atoms with Crippen LogP contribution in [-0.2, 0) is 19.3 Å². The van der Waals surface area contributed by atoms with Crippen LogP contribution >= 0.6 is 0 Å². The van der Waals surface area contributed by atoms with E-state index in [1.165, 1.54) is 46.0 Å². The van der Waals surface area contributed by atoms with Crippen LogP contribution in [0.25, 0.3) is 10.8 Å². The molecule has 2 heterocycles. The lowest BCUT2D eigenvalue weighted by atomic mass is 9.77. The Bertz CT molecular complexity index is 913. The molecule has 0 bridgehead atoms. The Hall–Kier alpha value is -2.22. The van der Waals surface area contributed by atoms with Crippen molar-refractivity contribution in [2.24, 2.45) is 11.8 Å². The second-order valence-corrected chi connectivity index (χ2v) is 8.27. The highest BCUT2D eigenvalue weighted by atomic mass is 14.7. The Morgan fingerprint density at radius 1 is 1.00 bits per heavy atom. The van der Waals surface area contributed by atoms with Crippen LogP contribution < -0.4 is 0 Å². The summed E-state index contributed by atoms with van der Waals surface area (Å²) >= 11 is 0. The topological polar surface area (TPSA) is 25.8 Å². The van der Waals surface area contributed by atoms with Gasteiger partial charge in [0.15, 0.2) is 0 Å². The number of pyridine rings is 2. The zero-order valence-electron chi connectivity index (χ0n) is 16.1. The second kappa shape index (κ2) is 7.19. The van der Waals surface area contributed by atoms with Crippen LogP contribution in [-0.4, -0.2) is 9.97 Å². The Balaban J connectivity index is 1.49. The summed E-state index contributed by atoms with van der Waals surface area (Å²) in [6.07, 6.45) is 10.7. The molecule has 1 aliphatic carbocycles. The average Bonchev–Trinajstić information content (AvgIpc) is 2.67. The highest BCUT2D eigenvalue weighted by Crippen LogP contribution is 2.31. The summed E-state index contributed by atoms with van der Waals surface area (Å²) in [6.45, 7) is 6.87. The molecule has 1 aromatic carbocycles. The third-order valence-corrected chi connectivity index (χ3v) is 6.08. The molecule has 0 N–H and O–H groups in total. The van der Waals surface area contributed by atoms with Crippen LogP contribution in [0.5, 0.6) is 0 Å². The van der Waals surface area contributed by atoms with Crippen molar-refractivity contribution in [1.82, 2.24) is 9.97 Å². The fraction of sp³-hybridized carbons (Fsp3) is 0.417. The summed E-state index contributed by atoms with van der Waals surface area (Å²) in [5.74, 6) is 1.93. The van der Waals surface area contributed by atoms with Crippen LogP contribution in [0.1, 0.15) is 55.5 Å². The number of benzene rings is 1. The Morgan fingerprint density at radius 3 is 2.73 bits per heavy atom. The van der Waals surface area contributed by atoms with Crippen molar-refractivity contribution in [2.45, 2.75) is 52.4 Å². The maximum Gasteiger partial charge on any atom is 0.0412 e. The highest BCUT2D eigenvalue weighted by Gasteiger charge is 2.24. The molecule has 134 valence electrons. The Labute approximate surface area is 156 Å². The maximum atomic E-state index is 4.77. The molecule has 0 radical (unpaired) electrons. The quantitative estimate of drug-likeness (QED) is 0.603. The molecule has 0 saturated heterocycles. The van der Waals surface area contributed by atoms with Gasteiger partial charge in [0.25, 0.3) is 0 Å². The number of hydrogen-bond donors (Lipinski definition) is 0. The first kappa shape index (κ1) is 17.2. The van der Waals surface area contributed by atoms with Gasteiger partial charge in [0.1, 0.15) is 0 Å². The molecule has 2 atom stereocenters. The first-order valence-electron chi connectivity index (χ1n) is 9.90. The van der Waals surface area contributed by atoms with E-state index in [-0.39, 0.29) is 0 Å². The number of aromatic nitrogens is 2. The van der Waals surface area contributed by atoms with E-state index >= 15 is 0 Å². The van der Waals surface area contributed by atoms with E-state index < -0.39 is 0 Å². The van der Waals surface area contributed by atoms with E-state index in [1.54, 1.807) is 0 Å². The number of nitrogens with zero attached hydrogens (tertiary/aromatic N) is 2. The molecule has 2 unspecified atom stereocenters. The fourth-order valence-electron chi connectivity index (χ4n) is 4.27. The summed E-state index contributed by atoms with van der Waals surface area (Å²) in [7, 11) is 0. The summed E-state index contributed by atoms with van der Waals surface area (Å²) in [5, 5.41) is 2.56. The van der Waals surface area contributed by atoms with Gasteiger partial charge in [-0.05, 0) is 83.7 Å². The van der Waals surface area contributed by atoms with Gasteiger partial charge < -0.3 is 0 Å². The monoisotopic (exact) mass is 344 g/mol. The molecule has 4 rings (SSSR count). The van der Waals surface area contributed by atoms with Crippen molar-refractivity contribution in [3.63, 3.8) is 0 Å². The predicted octanol–water partition coefficient (Wildman–Crippen LogP) is 5.74. The zero-order chi connectivity index (χ0) is 18.1. The van der Waals surface area contributed by atoms with E-state index in [9.17, 15) is 0 Å². The van der Waals surface area contributed by atoms with Crippen molar-refractivity contribution in [2.75, 3.05) is 0 Å². The molecular formula is C24H28N2. The van der Waals surface area contributed by atoms with E-state index in [4.69, 9.17) is 4.98 Å². The first-order valence-corrected chi connectivity index (χ1v) is 9.90. The molecule has 0 amide bonds. The van der Waals surface area contributed by atoms with Crippen LogP contribution in [0, 0.1) is 11.8 Å². The lowest BCUT2D eigenvalue weighted by molar-refractivity contribution is 0.316. The predicted molar refractivity (Wildman–Crippen MR) is 108 cm³/mol. The van der Waals surface area contributed by atoms with E-state index in [2.05, 4.69) is 68.5 Å². The summed E-state index contributed by atoms with van der Waals surface area (Å²) in [6, 6.07) is 11.3. The Morgan fingerprint density at radius 2 is 1.88 bits per heavy atom. The van der Waals surface area contributed by atoms with Gasteiger partial charge in [-0.25, -0.2) is 0 Å². The normalized spacial score (nSPS) is 18.1. The van der Waals surface area contributed by atoms with Crippen molar-refractivity contribution >= 4 is 10.8 Å². The summed E-state index contributed by atoms with van der Waals surface area (Å²) in [5.41, 5.74) is 5.55. The largest absolute Gasteiger partial charge is 0.264 e. The minimum Gasteiger partial charge on any atom is -0.264 e. The van der Waals surface area contributed by atoms with Crippen molar-refractivity contribution in [1.29, 1.82) is 0 Å². The van der Waals surface area contributed by atoms with Crippen LogP contribution in [0.15, 0.2) is 48.9 Å². The third kappa shape index (κ3) is 3.51. The van der Waals surface area contributed by atoms with Crippen LogP contribution in [0.2, 0.25) is 0 Å². The van der Waals surface area contributed by atoms with Crippen LogP contribution in [0.4, 0.5) is 0 Å². The van der Waals surface area contributed by atoms with Gasteiger partial charge in [-0.1, -0.05) is 32.9 Å². The average molecular weight is 345 g/mol. The smallest absolute Gasteiger partial charge is 0.0412 e. The molecule has 2 heteroatoms. The first-order chi connectivity index (χ1) is 12.6. The minimum absolute atomic E-state index is 0.558. The van der Waals surface area contributed by atoms with Gasteiger partial charge >= 0.3 is 0 Å². The van der Waals surface area contributed by atoms with Gasteiger partial charge in [-0.15, -0.1) is 0 Å². The van der Waals surface area contributed by atoms with Crippen molar-refractivity contribution in [3.05, 3.63) is 71.3 Å². The van der Waals surface area contributed by atoms with Gasteiger partial charge in [0, 0.05) is 29.7 Å². The van der Waals surface area contributed by atoms with E-state index in [0.717, 1.165) is 18.8 Å². The second-order valence-electron chi connectivity index (χ2n) is 8.27. The third-order valence-electron chi connectivity index (χ3n) is 6.08. The molecule has 1 aliphatic rings. The molecule has 0 aliphatic heterocycles. The Kier molecular flexibility index (Phi) is 4.76. The minimum atomic E-state index is 0.558. The highest BCUT2D eigenvalue weighted by molar-refractivity contribution is 5.82. The van der Waals surface area contributed by atoms with Crippen molar-refractivity contribution < 1.29 is 0 Å². The SMILES string of the molecule is CC(C)c1ccc2cc(CC(C)C3CCc4ccncc4C3)ncc2c1. The molecule has 0 spiro atoms. The molecule has 26 heavy (non-hydrogen) atoms. The van der Waals surface area contributed by atoms with Gasteiger partial charge in [0.05, 0.1) is 0 Å². The fourth-order valence-corrected chi connectivity index (χ4v) is 4.27. The van der Waals surface area contributed by atoms with Gasteiger partial charge in [-0.3, -0.25) is 9.97 Å². The lowest BCUT2D eigenvalue weighted by Gasteiger charge is -2.29. The summed E-state index contributed by atoms with van der Waals surface area (Å²) < 4.78 is 0. The number of aryl methyl sites for hydroxylation is 1. The standard InChI is InChI=1S/C24H28N2/c1-16(2)19-5-7-21-13-24(26-15-23(21)11-19)10-17(3)20-6-4-18-8-9-25-14-22(18)12-20/h5,7-9,11,13-17,20H,4,6,10,12H2,1-3H3. The van der Waals surface area contributed by atoms with E-state index in [1.807, 2.05) is 6.20 Å². The number of hydrogen-bond acceptors (Lipinski definition) is 2. The number of fused-ring (bicyclic) bond motifs is 2. The molecular weight excluding hydrogens is 316 g/mol. The molecule has 3 aromatic rings. The van der Waals surface area contributed by atoms with Gasteiger partial charge in [0.2, 0.25) is 0 Å². The molecule has 2 aromatic heterocycles. The molecule has 0 saturated carbocycles. The summed E-state index contributed by atoms with van der Waals surface area (Å²) in [4.78, 5) is 9.09.